The summed E-state index contributed by atoms with van der Waals surface area (Å²) in [4.78, 5) is 11.3. The number of aromatic carboxylic acids is 1. The number of carboxylic acid groups (broad SMARTS) is 1. The predicted molar refractivity (Wildman–Crippen MR) is 113 cm³/mol. The maximum Gasteiger partial charge on any atom is 0.335 e. The lowest BCUT2D eigenvalue weighted by atomic mass is 10.1. The van der Waals surface area contributed by atoms with Gasteiger partial charge in [-0.15, -0.1) is 0 Å². The van der Waals surface area contributed by atoms with Gasteiger partial charge in [0.05, 0.1) is 10.5 Å². The number of nitrogens with zero attached hydrogens (tertiary/aromatic N) is 1. The lowest BCUT2D eigenvalue weighted by molar-refractivity contribution is 0.0697. The quantitative estimate of drug-likeness (QED) is 0.668. The first kappa shape index (κ1) is 19.4. The minimum Gasteiger partial charge on any atom is -0.478 e. The average Bonchev–Trinajstić information content (AvgIpc) is 2.74. The molecule has 0 bridgehead atoms. The summed E-state index contributed by atoms with van der Waals surface area (Å²) in [7, 11) is -3.52. The Labute approximate surface area is 169 Å². The normalized spacial score (nSPS) is 16.0. The Bertz CT molecular complexity index is 1130. The van der Waals surface area contributed by atoms with Gasteiger partial charge in [0, 0.05) is 24.8 Å². The fraction of sp³-hybridized carbons (Fsp3) is 0.227. The second kappa shape index (κ2) is 7.85. The Morgan fingerprint density at radius 2 is 1.59 bits per heavy atom. The van der Waals surface area contributed by atoms with Crippen LogP contribution in [0.5, 0.6) is 0 Å². The van der Waals surface area contributed by atoms with Crippen molar-refractivity contribution < 1.29 is 18.3 Å². The Kier molecular flexibility index (Phi) is 5.25. The third-order valence-corrected chi connectivity index (χ3v) is 7.21. The summed E-state index contributed by atoms with van der Waals surface area (Å²) >= 11 is 0. The van der Waals surface area contributed by atoms with E-state index >= 15 is 0 Å². The molecule has 3 aromatic carbocycles. The van der Waals surface area contributed by atoms with Crippen LogP contribution in [-0.4, -0.2) is 42.9 Å². The number of hydrogen-bond acceptors (Lipinski definition) is 4. The first-order valence-electron chi connectivity index (χ1n) is 9.52. The highest BCUT2D eigenvalue weighted by Crippen LogP contribution is 2.25. The fourth-order valence-electron chi connectivity index (χ4n) is 3.66. The topological polar surface area (TPSA) is 86.7 Å². The highest BCUT2D eigenvalue weighted by molar-refractivity contribution is 7.89. The van der Waals surface area contributed by atoms with Crippen LogP contribution in [0.25, 0.3) is 10.8 Å². The largest absolute Gasteiger partial charge is 0.478 e. The summed E-state index contributed by atoms with van der Waals surface area (Å²) in [6.45, 7) is 0.889. The van der Waals surface area contributed by atoms with Gasteiger partial charge in [-0.2, -0.15) is 4.31 Å². The molecule has 2 N–H and O–H groups in total. The summed E-state index contributed by atoms with van der Waals surface area (Å²) in [6, 6.07) is 19.7. The number of carbonyl (C=O) groups is 1. The van der Waals surface area contributed by atoms with Crippen LogP contribution >= 0.6 is 0 Å². The van der Waals surface area contributed by atoms with E-state index in [9.17, 15) is 13.2 Å². The van der Waals surface area contributed by atoms with Crippen LogP contribution < -0.4 is 5.32 Å². The van der Waals surface area contributed by atoms with Gasteiger partial charge in [0.25, 0.3) is 0 Å². The van der Waals surface area contributed by atoms with Gasteiger partial charge in [0.15, 0.2) is 0 Å². The van der Waals surface area contributed by atoms with Crippen LogP contribution in [0.2, 0.25) is 0 Å². The molecule has 0 atom stereocenters. The molecule has 0 saturated carbocycles. The van der Waals surface area contributed by atoms with Gasteiger partial charge in [0.2, 0.25) is 10.0 Å². The number of sulfonamides is 1. The molecule has 0 radical (unpaired) electrons. The number of nitrogens with one attached hydrogen (secondary N) is 1. The smallest absolute Gasteiger partial charge is 0.335 e. The van der Waals surface area contributed by atoms with Crippen molar-refractivity contribution in [2.75, 3.05) is 18.4 Å². The maximum absolute atomic E-state index is 13.0. The molecule has 1 aliphatic heterocycles. The van der Waals surface area contributed by atoms with Crippen molar-refractivity contribution in [2.24, 2.45) is 0 Å². The van der Waals surface area contributed by atoms with Crippen LogP contribution in [0.1, 0.15) is 23.2 Å². The molecule has 0 unspecified atom stereocenters. The molecular weight excluding hydrogens is 388 g/mol. The molecule has 0 aromatic heterocycles. The number of rotatable bonds is 5. The molecule has 150 valence electrons. The molecule has 1 saturated heterocycles. The van der Waals surface area contributed by atoms with E-state index in [-0.39, 0.29) is 11.6 Å². The van der Waals surface area contributed by atoms with Crippen LogP contribution in [-0.2, 0) is 10.0 Å². The molecule has 1 aliphatic rings. The zero-order chi connectivity index (χ0) is 20.4. The minimum atomic E-state index is -3.52. The lowest BCUT2D eigenvalue weighted by Crippen LogP contribution is -2.42. The summed E-state index contributed by atoms with van der Waals surface area (Å²) in [6.07, 6.45) is 1.38. The van der Waals surface area contributed by atoms with Gasteiger partial charge < -0.3 is 10.4 Å². The van der Waals surface area contributed by atoms with Crippen LogP contribution in [0.4, 0.5) is 5.69 Å². The van der Waals surface area contributed by atoms with Crippen LogP contribution in [0, 0.1) is 0 Å². The molecule has 4 rings (SSSR count). The van der Waals surface area contributed by atoms with Crippen molar-refractivity contribution in [1.82, 2.24) is 4.31 Å². The number of carboxylic acids is 1. The highest BCUT2D eigenvalue weighted by atomic mass is 32.2. The van der Waals surface area contributed by atoms with E-state index in [1.165, 1.54) is 0 Å². The SMILES string of the molecule is O=C(O)c1ccc(NC2CCN(S(=O)(=O)c3ccc4ccccc4c3)CC2)cc1. The average molecular weight is 410 g/mol. The maximum atomic E-state index is 13.0. The van der Waals surface area contributed by atoms with Crippen LogP contribution in [0.15, 0.2) is 71.6 Å². The highest BCUT2D eigenvalue weighted by Gasteiger charge is 2.29. The van der Waals surface area contributed by atoms with E-state index in [0.717, 1.165) is 16.5 Å². The summed E-state index contributed by atoms with van der Waals surface area (Å²) in [5.74, 6) is -0.955. The predicted octanol–water partition coefficient (Wildman–Crippen LogP) is 3.80. The first-order valence-corrected chi connectivity index (χ1v) is 11.0. The third-order valence-electron chi connectivity index (χ3n) is 5.32. The zero-order valence-corrected chi connectivity index (χ0v) is 16.6. The van der Waals surface area contributed by atoms with Crippen molar-refractivity contribution in [3.8, 4) is 0 Å². The van der Waals surface area contributed by atoms with Crippen molar-refractivity contribution in [3.63, 3.8) is 0 Å². The van der Waals surface area contributed by atoms with E-state index in [0.29, 0.717) is 30.8 Å². The van der Waals surface area contributed by atoms with E-state index in [1.807, 2.05) is 30.3 Å². The molecular formula is C22H22N2O4S. The van der Waals surface area contributed by atoms with E-state index in [2.05, 4.69) is 5.32 Å². The monoisotopic (exact) mass is 410 g/mol. The second-order valence-electron chi connectivity index (χ2n) is 7.21. The second-order valence-corrected chi connectivity index (χ2v) is 9.15. The van der Waals surface area contributed by atoms with E-state index in [1.54, 1.807) is 40.7 Å². The third kappa shape index (κ3) is 4.11. The molecule has 1 fully saturated rings. The molecule has 0 aliphatic carbocycles. The molecule has 7 heteroatoms. The molecule has 1 heterocycles. The van der Waals surface area contributed by atoms with E-state index in [4.69, 9.17) is 5.11 Å². The number of fused-ring (bicyclic) bond motifs is 1. The molecule has 0 amide bonds. The van der Waals surface area contributed by atoms with Crippen molar-refractivity contribution in [2.45, 2.75) is 23.8 Å². The van der Waals surface area contributed by atoms with Gasteiger partial charge in [-0.3, -0.25) is 0 Å². The van der Waals surface area contributed by atoms with Crippen LogP contribution in [0.3, 0.4) is 0 Å². The van der Waals surface area contributed by atoms with E-state index < -0.39 is 16.0 Å². The minimum absolute atomic E-state index is 0.147. The Morgan fingerprint density at radius 1 is 0.931 bits per heavy atom. The standard InChI is InChI=1S/C22H22N2O4S/c25-22(26)17-5-8-19(9-6-17)23-20-11-13-24(14-12-20)29(27,28)21-10-7-16-3-1-2-4-18(16)15-21/h1-10,15,20,23H,11-14H2,(H,25,26). The fourth-order valence-corrected chi connectivity index (χ4v) is 5.17. The molecule has 6 nitrogen and oxygen atoms in total. The van der Waals surface area contributed by atoms with Crippen molar-refractivity contribution in [1.29, 1.82) is 0 Å². The Hall–Kier alpha value is -2.90. The summed E-state index contributed by atoms with van der Waals surface area (Å²) in [5.41, 5.74) is 1.08. The van der Waals surface area contributed by atoms with Crippen molar-refractivity contribution >= 4 is 32.5 Å². The summed E-state index contributed by atoms with van der Waals surface area (Å²) in [5, 5.41) is 14.3. The zero-order valence-electron chi connectivity index (χ0n) is 15.8. The van der Waals surface area contributed by atoms with Gasteiger partial charge in [-0.25, -0.2) is 13.2 Å². The van der Waals surface area contributed by atoms with Crippen molar-refractivity contribution in [3.05, 3.63) is 72.3 Å². The van der Waals surface area contributed by atoms with Gasteiger partial charge >= 0.3 is 5.97 Å². The summed E-state index contributed by atoms with van der Waals surface area (Å²) < 4.78 is 27.6. The Balaban J connectivity index is 1.42. The number of benzene rings is 3. The van der Waals surface area contributed by atoms with Gasteiger partial charge in [0.1, 0.15) is 0 Å². The first-order chi connectivity index (χ1) is 13.9. The lowest BCUT2D eigenvalue weighted by Gasteiger charge is -2.32. The number of piperidine rings is 1. The number of hydrogen-bond donors (Lipinski definition) is 2. The van der Waals surface area contributed by atoms with Gasteiger partial charge in [-0.1, -0.05) is 30.3 Å². The molecule has 3 aromatic rings. The number of anilines is 1. The Morgan fingerprint density at radius 3 is 2.24 bits per heavy atom. The van der Waals surface area contributed by atoms with Gasteiger partial charge in [-0.05, 0) is 60.0 Å². The molecule has 0 spiro atoms. The molecule has 29 heavy (non-hydrogen) atoms.